The van der Waals surface area contributed by atoms with Crippen LogP contribution < -0.4 is 5.32 Å². The number of unbranched alkanes of at least 4 members (excludes halogenated alkanes) is 1. The monoisotopic (exact) mass is 307 g/mol. The van der Waals surface area contributed by atoms with Gasteiger partial charge >= 0.3 is 5.97 Å². The van der Waals surface area contributed by atoms with Gasteiger partial charge in [-0.25, -0.2) is 4.79 Å². The maximum absolute atomic E-state index is 12.0. The van der Waals surface area contributed by atoms with Crippen LogP contribution in [0.15, 0.2) is 24.3 Å². The van der Waals surface area contributed by atoms with Crippen LogP contribution in [-0.4, -0.2) is 36.2 Å². The average Bonchev–Trinajstić information content (AvgIpc) is 2.51. The maximum Gasteiger partial charge on any atom is 0.331 e. The zero-order valence-corrected chi connectivity index (χ0v) is 13.5. The maximum atomic E-state index is 12.0. The number of hydrogen-bond acceptors (Lipinski definition) is 4. The second-order valence-electron chi connectivity index (χ2n) is 5.41. The van der Waals surface area contributed by atoms with Crippen molar-refractivity contribution in [2.45, 2.75) is 51.7 Å². The molecule has 1 amide bonds. The third-order valence-corrected chi connectivity index (χ3v) is 3.46. The van der Waals surface area contributed by atoms with E-state index in [4.69, 9.17) is 0 Å². The molecule has 1 rings (SSSR count). The lowest BCUT2D eigenvalue weighted by Crippen LogP contribution is -2.48. The van der Waals surface area contributed by atoms with Crippen molar-refractivity contribution in [3.8, 4) is 0 Å². The predicted octanol–water partition coefficient (Wildman–Crippen LogP) is 1.61. The number of carbonyl (C=O) groups is 2. The van der Waals surface area contributed by atoms with Crippen LogP contribution in [0.5, 0.6) is 0 Å². The Balaban J connectivity index is 2.58. The number of aliphatic hydroxyl groups excluding tert-OH is 1. The van der Waals surface area contributed by atoms with Gasteiger partial charge in [0, 0.05) is 0 Å². The molecule has 5 nitrogen and oxygen atoms in total. The van der Waals surface area contributed by atoms with Crippen molar-refractivity contribution in [1.29, 1.82) is 0 Å². The number of ether oxygens (including phenoxy) is 1. The highest BCUT2D eigenvalue weighted by atomic mass is 16.5. The molecule has 22 heavy (non-hydrogen) atoms. The smallest absolute Gasteiger partial charge is 0.331 e. The number of benzene rings is 1. The minimum absolute atomic E-state index is 0.161. The molecule has 0 radical (unpaired) electrons. The van der Waals surface area contributed by atoms with Gasteiger partial charge in [0.15, 0.2) is 6.04 Å². The Morgan fingerprint density at radius 2 is 1.82 bits per heavy atom. The first kappa shape index (κ1) is 18.2. The molecule has 0 heterocycles. The van der Waals surface area contributed by atoms with Crippen LogP contribution in [0.2, 0.25) is 0 Å². The summed E-state index contributed by atoms with van der Waals surface area (Å²) in [5.41, 5.74) is 2.12. The fourth-order valence-electron chi connectivity index (χ4n) is 2.12. The van der Waals surface area contributed by atoms with Crippen molar-refractivity contribution in [2.24, 2.45) is 0 Å². The molecule has 0 aliphatic heterocycles. The van der Waals surface area contributed by atoms with E-state index in [1.165, 1.54) is 19.6 Å². The summed E-state index contributed by atoms with van der Waals surface area (Å²) in [7, 11) is 1.22. The van der Waals surface area contributed by atoms with Gasteiger partial charge in [0.1, 0.15) is 0 Å². The summed E-state index contributed by atoms with van der Waals surface area (Å²) in [5.74, 6) is -0.976. The highest BCUT2D eigenvalue weighted by molar-refractivity contribution is 5.86. The first-order valence-corrected chi connectivity index (χ1v) is 7.61. The summed E-state index contributed by atoms with van der Waals surface area (Å²) < 4.78 is 4.56. The minimum Gasteiger partial charge on any atom is -0.467 e. The molecule has 1 aromatic carbocycles. The fraction of sp³-hybridized carbons (Fsp3) is 0.529. The van der Waals surface area contributed by atoms with E-state index in [1.54, 1.807) is 0 Å². The van der Waals surface area contributed by atoms with Crippen molar-refractivity contribution in [1.82, 2.24) is 5.32 Å². The number of hydrogen-bond donors (Lipinski definition) is 2. The largest absolute Gasteiger partial charge is 0.467 e. The summed E-state index contributed by atoms with van der Waals surface area (Å²) in [6.45, 7) is 3.59. The first-order chi connectivity index (χ1) is 10.5. The molecule has 122 valence electrons. The molecule has 5 heteroatoms. The molecule has 0 saturated heterocycles. The first-order valence-electron chi connectivity index (χ1n) is 7.61. The van der Waals surface area contributed by atoms with Gasteiger partial charge in [0.2, 0.25) is 5.91 Å². The topological polar surface area (TPSA) is 75.6 Å². The number of amides is 1. The van der Waals surface area contributed by atoms with E-state index in [1.807, 2.05) is 24.3 Å². The van der Waals surface area contributed by atoms with Crippen LogP contribution in [0.25, 0.3) is 0 Å². The van der Waals surface area contributed by atoms with E-state index in [0.29, 0.717) is 0 Å². The van der Waals surface area contributed by atoms with Crippen LogP contribution in [0.1, 0.15) is 37.8 Å². The lowest BCUT2D eigenvalue weighted by atomic mass is 10.0. The highest BCUT2D eigenvalue weighted by Gasteiger charge is 2.26. The molecule has 0 unspecified atom stereocenters. The molecule has 2 N–H and O–H groups in total. The molecular formula is C17H25NO4. The second kappa shape index (κ2) is 9.20. The lowest BCUT2D eigenvalue weighted by molar-refractivity contribution is -0.148. The van der Waals surface area contributed by atoms with Crippen LogP contribution in [0.4, 0.5) is 0 Å². The van der Waals surface area contributed by atoms with E-state index < -0.39 is 18.1 Å². The Morgan fingerprint density at radius 1 is 1.23 bits per heavy atom. The molecule has 0 spiro atoms. The Morgan fingerprint density at radius 3 is 2.32 bits per heavy atom. The Labute approximate surface area is 131 Å². The van der Waals surface area contributed by atoms with Crippen LogP contribution in [-0.2, 0) is 27.2 Å². The standard InChI is InChI=1S/C17H25NO4/c1-4-5-6-13-7-9-14(10-8-13)11-15(20)18-16(12(2)19)17(21)22-3/h7-10,12,16,19H,4-6,11H2,1-3H3,(H,18,20)/t12-,16-/m1/s1. The molecule has 0 aliphatic carbocycles. The molecule has 0 aromatic heterocycles. The molecule has 1 aromatic rings. The van der Waals surface area contributed by atoms with Gasteiger partial charge < -0.3 is 15.2 Å². The number of carbonyl (C=O) groups excluding carboxylic acids is 2. The number of rotatable bonds is 8. The average molecular weight is 307 g/mol. The van der Waals surface area contributed by atoms with Gasteiger partial charge in [-0.3, -0.25) is 4.79 Å². The van der Waals surface area contributed by atoms with Gasteiger partial charge in [0.25, 0.3) is 0 Å². The number of methoxy groups -OCH3 is 1. The third-order valence-electron chi connectivity index (χ3n) is 3.46. The second-order valence-corrected chi connectivity index (χ2v) is 5.41. The van der Waals surface area contributed by atoms with E-state index in [9.17, 15) is 14.7 Å². The molecule has 0 fully saturated rings. The van der Waals surface area contributed by atoms with E-state index >= 15 is 0 Å². The zero-order valence-electron chi connectivity index (χ0n) is 13.5. The Bertz CT molecular complexity index is 482. The quantitative estimate of drug-likeness (QED) is 0.716. The predicted molar refractivity (Wildman–Crippen MR) is 84.4 cm³/mol. The van der Waals surface area contributed by atoms with Gasteiger partial charge in [-0.05, 0) is 30.9 Å². The molecule has 0 aliphatic rings. The Kier molecular flexibility index (Phi) is 7.60. The van der Waals surface area contributed by atoms with Gasteiger partial charge in [0.05, 0.1) is 19.6 Å². The van der Waals surface area contributed by atoms with Gasteiger partial charge in [-0.1, -0.05) is 37.6 Å². The number of aryl methyl sites for hydroxylation is 1. The van der Waals surface area contributed by atoms with E-state index in [-0.39, 0.29) is 12.3 Å². The summed E-state index contributed by atoms with van der Waals surface area (Å²) in [6, 6.07) is 6.83. The van der Waals surface area contributed by atoms with Gasteiger partial charge in [-0.15, -0.1) is 0 Å². The zero-order chi connectivity index (χ0) is 16.5. The van der Waals surface area contributed by atoms with Crippen LogP contribution in [0.3, 0.4) is 0 Å². The van der Waals surface area contributed by atoms with Gasteiger partial charge in [-0.2, -0.15) is 0 Å². The number of esters is 1. The van der Waals surface area contributed by atoms with E-state index in [2.05, 4.69) is 17.0 Å². The number of nitrogens with one attached hydrogen (secondary N) is 1. The SMILES string of the molecule is CCCCc1ccc(CC(=O)N[C@@H](C(=O)OC)[C@@H](C)O)cc1. The highest BCUT2D eigenvalue weighted by Crippen LogP contribution is 2.09. The number of aliphatic hydroxyl groups is 1. The van der Waals surface area contributed by atoms with E-state index in [0.717, 1.165) is 24.8 Å². The molecular weight excluding hydrogens is 282 g/mol. The summed E-state index contributed by atoms with van der Waals surface area (Å²) in [5, 5.41) is 12.0. The third kappa shape index (κ3) is 5.85. The minimum atomic E-state index is -1.04. The Hall–Kier alpha value is -1.88. The summed E-state index contributed by atoms with van der Waals surface area (Å²) in [4.78, 5) is 23.5. The molecule has 0 saturated carbocycles. The normalized spacial score (nSPS) is 13.3. The van der Waals surface area contributed by atoms with Crippen LogP contribution in [0, 0.1) is 0 Å². The fourth-order valence-corrected chi connectivity index (χ4v) is 2.12. The summed E-state index contributed by atoms with van der Waals surface area (Å²) in [6.07, 6.45) is 2.49. The molecule has 2 atom stereocenters. The van der Waals surface area contributed by atoms with Crippen molar-refractivity contribution < 1.29 is 19.4 Å². The van der Waals surface area contributed by atoms with Crippen LogP contribution >= 0.6 is 0 Å². The summed E-state index contributed by atoms with van der Waals surface area (Å²) >= 11 is 0. The van der Waals surface area contributed by atoms with Crippen molar-refractivity contribution in [3.05, 3.63) is 35.4 Å². The van der Waals surface area contributed by atoms with Crippen molar-refractivity contribution in [3.63, 3.8) is 0 Å². The van der Waals surface area contributed by atoms with Crippen molar-refractivity contribution in [2.75, 3.05) is 7.11 Å². The lowest BCUT2D eigenvalue weighted by Gasteiger charge is -2.18. The molecule has 0 bridgehead atoms. The van der Waals surface area contributed by atoms with Crippen molar-refractivity contribution >= 4 is 11.9 Å².